The quantitative estimate of drug-likeness (QED) is 0.738. The minimum Gasteiger partial charge on any atom is -0.490 e. The van der Waals surface area contributed by atoms with Crippen molar-refractivity contribution in [1.29, 1.82) is 0 Å². The van der Waals surface area contributed by atoms with Gasteiger partial charge in [0.05, 0.1) is 6.10 Å². The first kappa shape index (κ1) is 21.2. The predicted octanol–water partition coefficient (Wildman–Crippen LogP) is 3.76. The Labute approximate surface area is 159 Å². The Bertz CT molecular complexity index is 583. The van der Waals surface area contributed by atoms with E-state index in [0.717, 1.165) is 49.1 Å². The zero-order chi connectivity index (χ0) is 19.3. The first-order chi connectivity index (χ1) is 12.3. The zero-order valence-electron chi connectivity index (χ0n) is 17.2. The zero-order valence-corrected chi connectivity index (χ0v) is 17.2. The summed E-state index contributed by atoms with van der Waals surface area (Å²) in [7, 11) is 0. The van der Waals surface area contributed by atoms with Crippen molar-refractivity contribution in [3.05, 3.63) is 28.8 Å². The molecule has 148 valence electrons. The number of aryl methyl sites for hydroxylation is 2. The van der Waals surface area contributed by atoms with Crippen LogP contribution >= 0.6 is 0 Å². The number of hydrogen-bond donors (Lipinski definition) is 2. The van der Waals surface area contributed by atoms with Crippen LogP contribution in [0.25, 0.3) is 0 Å². The number of β-amino-alcohol motifs (C(OH)–C–C–N with tert-alkyl or cyclic N) is 1. The maximum atomic E-state index is 11.2. The number of hydrogen-bond acceptors (Lipinski definition) is 4. The van der Waals surface area contributed by atoms with E-state index < -0.39 is 11.7 Å². The first-order valence-corrected chi connectivity index (χ1v) is 10.2. The average Bonchev–Trinajstić information content (AvgIpc) is 2.59. The summed E-state index contributed by atoms with van der Waals surface area (Å²) in [4.78, 5) is 2.36. The molecule has 4 nitrogen and oxygen atoms in total. The molecule has 0 bridgehead atoms. The lowest BCUT2D eigenvalue weighted by Crippen LogP contribution is -2.61. The van der Waals surface area contributed by atoms with Gasteiger partial charge in [0.25, 0.3) is 0 Å². The summed E-state index contributed by atoms with van der Waals surface area (Å²) < 4.78 is 6.02. The lowest BCUT2D eigenvalue weighted by molar-refractivity contribution is -0.146. The summed E-state index contributed by atoms with van der Waals surface area (Å²) in [6, 6.07) is 4.62. The second-order valence-electron chi connectivity index (χ2n) is 8.10. The molecule has 4 heteroatoms. The average molecular weight is 364 g/mol. The van der Waals surface area contributed by atoms with Crippen LogP contribution in [0.15, 0.2) is 12.1 Å². The number of benzene rings is 1. The van der Waals surface area contributed by atoms with Crippen LogP contribution in [0, 0.1) is 20.8 Å². The van der Waals surface area contributed by atoms with E-state index in [1.165, 1.54) is 5.56 Å². The summed E-state index contributed by atoms with van der Waals surface area (Å²) in [5.41, 5.74) is 2.20. The van der Waals surface area contributed by atoms with Crippen molar-refractivity contribution in [1.82, 2.24) is 4.90 Å². The summed E-state index contributed by atoms with van der Waals surface area (Å²) in [5.74, 6) is 0.805. The van der Waals surface area contributed by atoms with Gasteiger partial charge in [-0.05, 0) is 62.8 Å². The monoisotopic (exact) mass is 363 g/mol. The van der Waals surface area contributed by atoms with Crippen molar-refractivity contribution < 1.29 is 14.9 Å². The van der Waals surface area contributed by atoms with Crippen molar-refractivity contribution >= 4 is 0 Å². The minimum absolute atomic E-state index is 0.124. The molecule has 1 fully saturated rings. The second kappa shape index (κ2) is 9.20. The second-order valence-corrected chi connectivity index (χ2v) is 8.10. The van der Waals surface area contributed by atoms with Gasteiger partial charge in [0.15, 0.2) is 0 Å². The number of rotatable bonds is 8. The molecule has 1 aromatic carbocycles. The molecule has 0 aromatic heterocycles. The van der Waals surface area contributed by atoms with Gasteiger partial charge in [0, 0.05) is 19.1 Å². The Morgan fingerprint density at radius 2 is 1.85 bits per heavy atom. The normalized spacial score (nSPS) is 24.2. The van der Waals surface area contributed by atoms with E-state index >= 15 is 0 Å². The number of likely N-dealkylation sites (tertiary alicyclic amines) is 1. The van der Waals surface area contributed by atoms with E-state index in [-0.39, 0.29) is 6.61 Å². The van der Waals surface area contributed by atoms with Gasteiger partial charge in [-0.2, -0.15) is 0 Å². The van der Waals surface area contributed by atoms with Crippen LogP contribution < -0.4 is 4.74 Å². The third-order valence-electron chi connectivity index (χ3n) is 5.79. The fraction of sp³-hybridized carbons (Fsp3) is 0.727. The molecular weight excluding hydrogens is 326 g/mol. The van der Waals surface area contributed by atoms with E-state index in [1.54, 1.807) is 0 Å². The van der Waals surface area contributed by atoms with Gasteiger partial charge < -0.3 is 14.9 Å². The maximum absolute atomic E-state index is 11.2. The topological polar surface area (TPSA) is 52.9 Å². The standard InChI is InChI=1S/C22H37NO3/c1-6-8-19(9-7-2)23-11-10-21(24)22(25,14-23)15-26-20-13-16(3)12-17(4)18(20)5/h12-13,19,21,24-25H,6-11,14-15H2,1-5H3/t21-,22-/m0/s1. The van der Waals surface area contributed by atoms with Crippen molar-refractivity contribution in [2.24, 2.45) is 0 Å². The highest BCUT2D eigenvalue weighted by atomic mass is 16.5. The van der Waals surface area contributed by atoms with Crippen molar-refractivity contribution in [3.63, 3.8) is 0 Å². The summed E-state index contributed by atoms with van der Waals surface area (Å²) in [5, 5.41) is 21.7. The van der Waals surface area contributed by atoms with Gasteiger partial charge in [-0.25, -0.2) is 0 Å². The van der Waals surface area contributed by atoms with E-state index in [9.17, 15) is 10.2 Å². The van der Waals surface area contributed by atoms with Gasteiger partial charge in [0.1, 0.15) is 18.0 Å². The Kier molecular flexibility index (Phi) is 7.51. The molecule has 0 spiro atoms. The molecule has 0 radical (unpaired) electrons. The van der Waals surface area contributed by atoms with Gasteiger partial charge in [-0.1, -0.05) is 32.8 Å². The van der Waals surface area contributed by atoms with Gasteiger partial charge in [-0.3, -0.25) is 4.90 Å². The highest BCUT2D eigenvalue weighted by Gasteiger charge is 2.43. The minimum atomic E-state index is -1.22. The van der Waals surface area contributed by atoms with Gasteiger partial charge in [0.2, 0.25) is 0 Å². The SMILES string of the molecule is CCCC(CCC)N1CC[C@H](O)[C@@](O)(COc2cc(C)cc(C)c2C)C1. The number of aliphatic hydroxyl groups excluding tert-OH is 1. The fourth-order valence-corrected chi connectivity index (χ4v) is 4.08. The van der Waals surface area contributed by atoms with Crippen molar-refractivity contribution in [3.8, 4) is 5.75 Å². The molecule has 1 aliphatic heterocycles. The van der Waals surface area contributed by atoms with Crippen molar-refractivity contribution in [2.45, 2.75) is 84.5 Å². The lowest BCUT2D eigenvalue weighted by atomic mass is 9.88. The Hall–Kier alpha value is -1.10. The Balaban J connectivity index is 2.10. The molecule has 1 heterocycles. The van der Waals surface area contributed by atoms with E-state index in [2.05, 4.69) is 31.7 Å². The fourth-order valence-electron chi connectivity index (χ4n) is 4.08. The molecular formula is C22H37NO3. The molecule has 1 aliphatic rings. The molecule has 2 N–H and O–H groups in total. The number of ether oxygens (including phenoxy) is 1. The van der Waals surface area contributed by atoms with Crippen LogP contribution in [0.2, 0.25) is 0 Å². The summed E-state index contributed by atoms with van der Waals surface area (Å²) in [6.07, 6.45) is 4.40. The van der Waals surface area contributed by atoms with Crippen LogP contribution in [0.3, 0.4) is 0 Å². The smallest absolute Gasteiger partial charge is 0.137 e. The third-order valence-corrected chi connectivity index (χ3v) is 5.79. The van der Waals surface area contributed by atoms with Gasteiger partial charge in [-0.15, -0.1) is 0 Å². The first-order valence-electron chi connectivity index (χ1n) is 10.2. The molecule has 1 aromatic rings. The molecule has 26 heavy (non-hydrogen) atoms. The summed E-state index contributed by atoms with van der Waals surface area (Å²) in [6.45, 7) is 12.0. The maximum Gasteiger partial charge on any atom is 0.137 e. The summed E-state index contributed by atoms with van der Waals surface area (Å²) >= 11 is 0. The van der Waals surface area contributed by atoms with E-state index in [4.69, 9.17) is 4.74 Å². The highest BCUT2D eigenvalue weighted by Crippen LogP contribution is 2.29. The van der Waals surface area contributed by atoms with E-state index in [1.807, 2.05) is 19.9 Å². The lowest BCUT2D eigenvalue weighted by Gasteiger charge is -2.45. The molecule has 2 rings (SSSR count). The largest absolute Gasteiger partial charge is 0.490 e. The van der Waals surface area contributed by atoms with Crippen LogP contribution in [0.5, 0.6) is 5.75 Å². The molecule has 0 unspecified atom stereocenters. The third kappa shape index (κ3) is 4.99. The number of piperidine rings is 1. The molecule has 1 saturated heterocycles. The van der Waals surface area contributed by atoms with Crippen molar-refractivity contribution in [2.75, 3.05) is 19.7 Å². The Morgan fingerprint density at radius 1 is 1.19 bits per heavy atom. The van der Waals surface area contributed by atoms with E-state index in [0.29, 0.717) is 19.0 Å². The number of nitrogens with zero attached hydrogens (tertiary/aromatic N) is 1. The molecule has 0 aliphatic carbocycles. The van der Waals surface area contributed by atoms with Crippen LogP contribution in [-0.2, 0) is 0 Å². The Morgan fingerprint density at radius 3 is 2.46 bits per heavy atom. The molecule has 0 saturated carbocycles. The van der Waals surface area contributed by atoms with Crippen LogP contribution in [-0.4, -0.2) is 52.6 Å². The number of aliphatic hydroxyl groups is 2. The molecule has 0 amide bonds. The van der Waals surface area contributed by atoms with Gasteiger partial charge >= 0.3 is 0 Å². The predicted molar refractivity (Wildman–Crippen MR) is 107 cm³/mol. The highest BCUT2D eigenvalue weighted by molar-refractivity contribution is 5.42. The van der Waals surface area contributed by atoms with Crippen LogP contribution in [0.1, 0.15) is 62.6 Å². The molecule has 2 atom stereocenters. The van der Waals surface area contributed by atoms with Crippen LogP contribution in [0.4, 0.5) is 0 Å².